The van der Waals surface area contributed by atoms with E-state index < -0.39 is 0 Å². The zero-order valence-corrected chi connectivity index (χ0v) is 12.6. The second kappa shape index (κ2) is 6.30. The molecule has 2 aromatic rings. The van der Waals surface area contributed by atoms with Crippen molar-refractivity contribution in [3.63, 3.8) is 0 Å². The van der Waals surface area contributed by atoms with Crippen LogP contribution in [0.2, 0.25) is 0 Å². The van der Waals surface area contributed by atoms with Gasteiger partial charge in [-0.2, -0.15) is 5.10 Å². The minimum Gasteiger partial charge on any atom is -0.497 e. The van der Waals surface area contributed by atoms with Crippen LogP contribution in [0.1, 0.15) is 21.7 Å². The average molecular weight is 289 g/mol. The molecule has 112 valence electrons. The molecule has 0 aliphatic rings. The van der Waals surface area contributed by atoms with Crippen LogP contribution in [0.15, 0.2) is 24.3 Å². The first-order chi connectivity index (χ1) is 10.0. The molecular weight excluding hydrogens is 270 g/mol. The van der Waals surface area contributed by atoms with Crippen molar-refractivity contribution in [3.8, 4) is 11.5 Å². The number of nitrogens with one attached hydrogen (secondary N) is 1. The lowest BCUT2D eigenvalue weighted by atomic mass is 10.2. The number of nitrogens with zero attached hydrogens (tertiary/aromatic N) is 2. The first-order valence-corrected chi connectivity index (χ1v) is 6.54. The van der Waals surface area contributed by atoms with E-state index in [9.17, 15) is 4.79 Å². The van der Waals surface area contributed by atoms with E-state index in [0.717, 1.165) is 11.4 Å². The highest BCUT2D eigenvalue weighted by atomic mass is 16.5. The smallest absolute Gasteiger partial charge is 0.251 e. The van der Waals surface area contributed by atoms with Gasteiger partial charge in [0, 0.05) is 24.4 Å². The number of hydrogen-bond donors (Lipinski definition) is 1. The van der Waals surface area contributed by atoms with Crippen molar-refractivity contribution in [1.29, 1.82) is 0 Å². The Hall–Kier alpha value is -2.50. The lowest BCUT2D eigenvalue weighted by Crippen LogP contribution is -2.23. The Bertz CT molecular complexity index is 608. The summed E-state index contributed by atoms with van der Waals surface area (Å²) in [5.41, 5.74) is 2.35. The lowest BCUT2D eigenvalue weighted by molar-refractivity contribution is 0.0949. The van der Waals surface area contributed by atoms with Crippen molar-refractivity contribution in [2.24, 2.45) is 7.05 Å². The van der Waals surface area contributed by atoms with Crippen LogP contribution < -0.4 is 14.8 Å². The minimum absolute atomic E-state index is 0.199. The molecule has 0 saturated heterocycles. The van der Waals surface area contributed by atoms with Crippen LogP contribution in [0.25, 0.3) is 0 Å². The van der Waals surface area contributed by atoms with Crippen LogP contribution in [-0.2, 0) is 13.6 Å². The molecule has 6 nitrogen and oxygen atoms in total. The van der Waals surface area contributed by atoms with Crippen molar-refractivity contribution >= 4 is 5.91 Å². The number of methoxy groups -OCH3 is 2. The Kier molecular flexibility index (Phi) is 4.47. The van der Waals surface area contributed by atoms with Crippen molar-refractivity contribution in [3.05, 3.63) is 41.2 Å². The molecule has 0 aliphatic heterocycles. The molecule has 0 bridgehead atoms. The summed E-state index contributed by atoms with van der Waals surface area (Å²) < 4.78 is 12.1. The topological polar surface area (TPSA) is 65.4 Å². The molecule has 1 amide bonds. The molecule has 21 heavy (non-hydrogen) atoms. The van der Waals surface area contributed by atoms with E-state index >= 15 is 0 Å². The molecular formula is C15H19N3O3. The van der Waals surface area contributed by atoms with Gasteiger partial charge in [0.15, 0.2) is 0 Å². The third-order valence-electron chi connectivity index (χ3n) is 3.21. The van der Waals surface area contributed by atoms with Crippen LogP contribution in [-0.4, -0.2) is 29.9 Å². The van der Waals surface area contributed by atoms with E-state index in [-0.39, 0.29) is 5.91 Å². The molecule has 0 spiro atoms. The number of hydrogen-bond acceptors (Lipinski definition) is 4. The normalized spacial score (nSPS) is 10.3. The van der Waals surface area contributed by atoms with Gasteiger partial charge in [-0.25, -0.2) is 0 Å². The fraction of sp³-hybridized carbons (Fsp3) is 0.333. The Labute approximate surface area is 123 Å². The van der Waals surface area contributed by atoms with Crippen molar-refractivity contribution in [2.75, 3.05) is 14.2 Å². The van der Waals surface area contributed by atoms with Crippen LogP contribution >= 0.6 is 0 Å². The summed E-state index contributed by atoms with van der Waals surface area (Å²) in [7, 11) is 4.97. The largest absolute Gasteiger partial charge is 0.497 e. The summed E-state index contributed by atoms with van der Waals surface area (Å²) in [6, 6.07) is 6.99. The predicted molar refractivity (Wildman–Crippen MR) is 78.7 cm³/mol. The van der Waals surface area contributed by atoms with Gasteiger partial charge in [0.2, 0.25) is 0 Å². The maximum absolute atomic E-state index is 12.2. The quantitative estimate of drug-likeness (QED) is 0.909. The Morgan fingerprint density at radius 3 is 2.29 bits per heavy atom. The maximum atomic E-state index is 12.2. The summed E-state index contributed by atoms with van der Waals surface area (Å²) in [6.45, 7) is 2.34. The van der Waals surface area contributed by atoms with E-state index in [1.807, 2.05) is 20.0 Å². The fourth-order valence-electron chi connectivity index (χ4n) is 1.93. The highest BCUT2D eigenvalue weighted by Crippen LogP contribution is 2.22. The van der Waals surface area contributed by atoms with Crippen LogP contribution in [0.4, 0.5) is 0 Å². The molecule has 0 saturated carbocycles. The van der Waals surface area contributed by atoms with Crippen LogP contribution in [0, 0.1) is 6.92 Å². The highest BCUT2D eigenvalue weighted by molar-refractivity contribution is 5.95. The van der Waals surface area contributed by atoms with Gasteiger partial charge in [0.1, 0.15) is 11.5 Å². The summed E-state index contributed by atoms with van der Waals surface area (Å²) in [6.07, 6.45) is 0. The Morgan fingerprint density at radius 2 is 1.81 bits per heavy atom. The van der Waals surface area contributed by atoms with E-state index in [2.05, 4.69) is 10.4 Å². The first kappa shape index (κ1) is 14.9. The van der Waals surface area contributed by atoms with Gasteiger partial charge >= 0.3 is 0 Å². The number of carbonyl (C=O) groups excluding carboxylic acids is 1. The standard InChI is InChI=1S/C15H19N3O3/c1-10-5-12(17-18(10)2)9-16-15(19)11-6-13(20-3)8-14(7-11)21-4/h5-8H,9H2,1-4H3,(H,16,19). The molecule has 0 radical (unpaired) electrons. The van der Waals surface area contributed by atoms with E-state index in [0.29, 0.717) is 23.6 Å². The molecule has 1 N–H and O–H groups in total. The zero-order chi connectivity index (χ0) is 15.4. The molecule has 0 fully saturated rings. The number of ether oxygens (including phenoxy) is 2. The second-order valence-corrected chi connectivity index (χ2v) is 4.68. The first-order valence-electron chi connectivity index (χ1n) is 6.54. The van der Waals surface area contributed by atoms with Gasteiger partial charge in [0.25, 0.3) is 5.91 Å². The predicted octanol–water partition coefficient (Wildman–Crippen LogP) is 1.68. The maximum Gasteiger partial charge on any atom is 0.251 e. The summed E-state index contributed by atoms with van der Waals surface area (Å²) in [5.74, 6) is 0.955. The van der Waals surface area contributed by atoms with Crippen molar-refractivity contribution < 1.29 is 14.3 Å². The van der Waals surface area contributed by atoms with Gasteiger partial charge in [-0.15, -0.1) is 0 Å². The Balaban J connectivity index is 2.09. The average Bonchev–Trinajstić information content (AvgIpc) is 2.82. The van der Waals surface area contributed by atoms with Gasteiger partial charge in [-0.3, -0.25) is 9.48 Å². The van der Waals surface area contributed by atoms with E-state index in [1.165, 1.54) is 0 Å². The number of aromatic nitrogens is 2. The monoisotopic (exact) mass is 289 g/mol. The third-order valence-corrected chi connectivity index (χ3v) is 3.21. The fourth-order valence-corrected chi connectivity index (χ4v) is 1.93. The third kappa shape index (κ3) is 3.53. The number of aryl methyl sites for hydroxylation is 2. The molecule has 0 atom stereocenters. The molecule has 1 aromatic carbocycles. The second-order valence-electron chi connectivity index (χ2n) is 4.68. The molecule has 1 heterocycles. The highest BCUT2D eigenvalue weighted by Gasteiger charge is 2.10. The van der Waals surface area contributed by atoms with Crippen molar-refractivity contribution in [2.45, 2.75) is 13.5 Å². The van der Waals surface area contributed by atoms with Gasteiger partial charge in [0.05, 0.1) is 26.5 Å². The summed E-state index contributed by atoms with van der Waals surface area (Å²) in [4.78, 5) is 12.2. The number of carbonyl (C=O) groups is 1. The molecule has 0 aliphatic carbocycles. The van der Waals surface area contributed by atoms with Gasteiger partial charge < -0.3 is 14.8 Å². The minimum atomic E-state index is -0.199. The molecule has 1 aromatic heterocycles. The molecule has 2 rings (SSSR count). The lowest BCUT2D eigenvalue weighted by Gasteiger charge is -2.08. The number of benzene rings is 1. The number of amides is 1. The summed E-state index contributed by atoms with van der Waals surface area (Å²) >= 11 is 0. The van der Waals surface area contributed by atoms with Gasteiger partial charge in [-0.1, -0.05) is 0 Å². The zero-order valence-electron chi connectivity index (χ0n) is 12.6. The van der Waals surface area contributed by atoms with Crippen LogP contribution in [0.3, 0.4) is 0 Å². The van der Waals surface area contributed by atoms with E-state index in [1.54, 1.807) is 37.1 Å². The van der Waals surface area contributed by atoms with Crippen LogP contribution in [0.5, 0.6) is 11.5 Å². The Morgan fingerprint density at radius 1 is 1.19 bits per heavy atom. The van der Waals surface area contributed by atoms with E-state index in [4.69, 9.17) is 9.47 Å². The SMILES string of the molecule is COc1cc(OC)cc(C(=O)NCc2cc(C)n(C)n2)c1. The van der Waals surface area contributed by atoms with Gasteiger partial charge in [-0.05, 0) is 25.1 Å². The summed E-state index contributed by atoms with van der Waals surface area (Å²) in [5, 5.41) is 7.13. The number of rotatable bonds is 5. The molecule has 6 heteroatoms. The molecule has 0 unspecified atom stereocenters. The van der Waals surface area contributed by atoms with Crippen molar-refractivity contribution in [1.82, 2.24) is 15.1 Å².